The molecular weight excluding hydrogens is 745 g/mol. The molecular formula is C43H68N6O9. The van der Waals surface area contributed by atoms with Crippen LogP contribution >= 0.6 is 0 Å². The van der Waals surface area contributed by atoms with Crippen molar-refractivity contribution in [1.29, 1.82) is 0 Å². The van der Waals surface area contributed by atoms with Crippen molar-refractivity contribution in [2.24, 2.45) is 52.9 Å². The normalized spacial score (nSPS) is 30.5. The molecule has 15 nitrogen and oxygen atoms in total. The average Bonchev–Trinajstić information content (AvgIpc) is 3.07. The number of hydrogen-bond acceptors (Lipinski definition) is 12. The second kappa shape index (κ2) is 19.6. The molecule has 0 bridgehead atoms. The Kier molecular flexibility index (Phi) is 16.3. The highest BCUT2D eigenvalue weighted by atomic mass is 16.6. The molecule has 0 aromatic carbocycles. The van der Waals surface area contributed by atoms with Gasteiger partial charge in [0.15, 0.2) is 0 Å². The van der Waals surface area contributed by atoms with Gasteiger partial charge in [-0.3, -0.25) is 0 Å². The van der Waals surface area contributed by atoms with E-state index >= 15 is 0 Å². The van der Waals surface area contributed by atoms with Crippen LogP contribution < -0.4 is 16.0 Å². The lowest BCUT2D eigenvalue weighted by Gasteiger charge is -2.46. The fourth-order valence-electron chi connectivity index (χ4n) is 11.0. The zero-order chi connectivity index (χ0) is 43.5. The first kappa shape index (κ1) is 48.1. The topological polar surface area (TPSA) is 203 Å². The van der Waals surface area contributed by atoms with E-state index in [-0.39, 0.29) is 76.9 Å². The summed E-state index contributed by atoms with van der Waals surface area (Å²) in [6, 6.07) is -0.690. The highest BCUT2D eigenvalue weighted by Crippen LogP contribution is 2.48. The summed E-state index contributed by atoms with van der Waals surface area (Å²) in [4.78, 5) is 84.0. The number of carbonyl (C=O) groups excluding carboxylic acids is 6. The Morgan fingerprint density at radius 2 is 0.897 bits per heavy atom. The third-order valence-electron chi connectivity index (χ3n) is 12.1. The van der Waals surface area contributed by atoms with Crippen LogP contribution in [-0.4, -0.2) is 94.1 Å². The lowest BCUT2D eigenvalue weighted by molar-refractivity contribution is 0.0238. The molecule has 3 aliphatic carbocycles. The van der Waals surface area contributed by atoms with Gasteiger partial charge in [0.05, 0.1) is 31.7 Å². The third-order valence-corrected chi connectivity index (χ3v) is 12.1. The van der Waals surface area contributed by atoms with Gasteiger partial charge in [0.2, 0.25) is 18.2 Å². The number of aliphatic imine (C=N–C) groups is 3. The largest absolute Gasteiger partial charge is 0.450 e. The maximum Gasteiger partial charge on any atom is 0.407 e. The van der Waals surface area contributed by atoms with E-state index in [0.29, 0.717) is 58.2 Å². The van der Waals surface area contributed by atoms with Crippen LogP contribution in [0.1, 0.15) is 127 Å². The molecule has 58 heavy (non-hydrogen) atoms. The predicted octanol–water partition coefficient (Wildman–Crippen LogP) is 7.49. The van der Waals surface area contributed by atoms with Crippen molar-refractivity contribution in [3.63, 3.8) is 0 Å². The molecule has 3 aliphatic rings. The molecule has 3 rings (SSSR count). The Morgan fingerprint density at radius 3 is 1.19 bits per heavy atom. The molecule has 3 N–H and O–H groups in total. The van der Waals surface area contributed by atoms with Crippen LogP contribution in [0, 0.1) is 37.9 Å². The molecule has 0 radical (unpaired) electrons. The van der Waals surface area contributed by atoms with Crippen molar-refractivity contribution < 1.29 is 43.0 Å². The molecule has 15 heteroatoms. The van der Waals surface area contributed by atoms with Crippen molar-refractivity contribution in [1.82, 2.24) is 16.0 Å². The Labute approximate surface area is 344 Å². The number of rotatable bonds is 17. The minimum Gasteiger partial charge on any atom is -0.450 e. The summed E-state index contributed by atoms with van der Waals surface area (Å²) in [5.41, 5.74) is -2.43. The standard InChI is InChI=1S/C43H68N6O9/c1-11-43(26-57-35(54)48-32-15-38(4,5)21-41(9,18-32)24-45-29-51,27-58-36(55)49-33-16-39(6,7)22-42(10,19-33)25-46-30-52)12-13-56-34(53)47-31-14-37(2,3)20-40(8,17-31)23-44-28-50/h11,31-33H,1,12-27H2,2-10H3,(H,47,53)(H,48,54)(H,49,55). The number of carbonyl (C=O) groups is 3. The Morgan fingerprint density at radius 1 is 0.586 bits per heavy atom. The van der Waals surface area contributed by atoms with Crippen LogP contribution in [0.3, 0.4) is 0 Å². The summed E-state index contributed by atoms with van der Waals surface area (Å²) in [6.07, 6.45) is 11.0. The smallest absolute Gasteiger partial charge is 0.407 e. The van der Waals surface area contributed by atoms with Gasteiger partial charge in [-0.15, -0.1) is 6.58 Å². The molecule has 0 spiro atoms. The quantitative estimate of drug-likeness (QED) is 0.0575. The fourth-order valence-corrected chi connectivity index (χ4v) is 11.0. The number of isocyanates is 3. The summed E-state index contributed by atoms with van der Waals surface area (Å²) in [5, 5.41) is 8.95. The summed E-state index contributed by atoms with van der Waals surface area (Å²) in [5.74, 6) is 0. The first-order valence-corrected chi connectivity index (χ1v) is 20.4. The van der Waals surface area contributed by atoms with E-state index in [1.54, 1.807) is 24.3 Å². The van der Waals surface area contributed by atoms with Gasteiger partial charge < -0.3 is 30.2 Å². The fraction of sp³-hybridized carbons (Fsp3) is 0.814. The van der Waals surface area contributed by atoms with Gasteiger partial charge >= 0.3 is 18.3 Å². The zero-order valence-electron chi connectivity index (χ0n) is 36.3. The SMILES string of the molecule is C=CC(CCOC(=O)NC1CC(C)(C)CC(C)(CN=C=O)C1)(COC(=O)NC1CC(C)(C)CC(C)(CN=C=O)C1)COC(=O)NC1CC(C)(C)CC(C)(CN=C=O)C1. The van der Waals surface area contributed by atoms with E-state index < -0.39 is 23.7 Å². The predicted molar refractivity (Wildman–Crippen MR) is 218 cm³/mol. The van der Waals surface area contributed by atoms with E-state index in [2.05, 4.69) is 79.0 Å². The number of amides is 3. The minimum atomic E-state index is -1.13. The van der Waals surface area contributed by atoms with Crippen LogP contribution in [-0.2, 0) is 28.6 Å². The van der Waals surface area contributed by atoms with E-state index in [4.69, 9.17) is 14.2 Å². The lowest BCUT2D eigenvalue weighted by atomic mass is 9.62. The van der Waals surface area contributed by atoms with Crippen molar-refractivity contribution >= 4 is 36.5 Å². The molecule has 0 aromatic heterocycles. The Hall–Kier alpha value is -4.31. The summed E-state index contributed by atoms with van der Waals surface area (Å²) < 4.78 is 17.3. The second-order valence-electron chi connectivity index (χ2n) is 21.0. The van der Waals surface area contributed by atoms with Crippen molar-refractivity contribution in [3.8, 4) is 0 Å². The molecule has 0 aliphatic heterocycles. The van der Waals surface area contributed by atoms with Crippen LogP contribution in [0.25, 0.3) is 0 Å². The van der Waals surface area contributed by atoms with E-state index in [0.717, 1.165) is 19.3 Å². The van der Waals surface area contributed by atoms with Gasteiger partial charge in [-0.2, -0.15) is 0 Å². The van der Waals surface area contributed by atoms with Gasteiger partial charge in [-0.25, -0.2) is 43.7 Å². The molecule has 0 saturated heterocycles. The number of nitrogens with one attached hydrogen (secondary N) is 3. The first-order chi connectivity index (χ1) is 26.9. The van der Waals surface area contributed by atoms with Crippen LogP contribution in [0.5, 0.6) is 0 Å². The van der Waals surface area contributed by atoms with Crippen molar-refractivity contribution in [2.45, 2.75) is 145 Å². The molecule has 0 heterocycles. The highest BCUT2D eigenvalue weighted by molar-refractivity contribution is 5.69. The van der Waals surface area contributed by atoms with Crippen molar-refractivity contribution in [2.75, 3.05) is 39.5 Å². The van der Waals surface area contributed by atoms with E-state index in [9.17, 15) is 28.8 Å². The number of ether oxygens (including phenoxy) is 3. The summed E-state index contributed by atoms with van der Waals surface area (Å²) >= 11 is 0. The molecule has 3 saturated carbocycles. The highest BCUT2D eigenvalue weighted by Gasteiger charge is 2.45. The number of alkyl carbamates (subject to hydrolysis) is 3. The van der Waals surface area contributed by atoms with Crippen LogP contribution in [0.15, 0.2) is 27.6 Å². The monoisotopic (exact) mass is 813 g/mol. The number of hydrogen-bond donors (Lipinski definition) is 3. The van der Waals surface area contributed by atoms with E-state index in [1.807, 2.05) is 20.8 Å². The summed E-state index contributed by atoms with van der Waals surface area (Å²) in [6.45, 7) is 23.2. The van der Waals surface area contributed by atoms with Gasteiger partial charge in [-0.05, 0) is 96.7 Å². The minimum absolute atomic E-state index is 0.102. The zero-order valence-corrected chi connectivity index (χ0v) is 36.3. The lowest BCUT2D eigenvalue weighted by Crippen LogP contribution is -2.49. The first-order valence-electron chi connectivity index (χ1n) is 20.4. The maximum absolute atomic E-state index is 13.4. The van der Waals surface area contributed by atoms with Crippen LogP contribution in [0.4, 0.5) is 14.4 Å². The van der Waals surface area contributed by atoms with Gasteiger partial charge in [0.1, 0.15) is 13.2 Å². The summed E-state index contributed by atoms with van der Waals surface area (Å²) in [7, 11) is 0. The number of nitrogens with zero attached hydrogens (tertiary/aromatic N) is 3. The molecule has 3 fully saturated rings. The molecule has 6 atom stereocenters. The van der Waals surface area contributed by atoms with Gasteiger partial charge in [0.25, 0.3) is 0 Å². The van der Waals surface area contributed by atoms with E-state index in [1.165, 1.54) is 0 Å². The Balaban J connectivity index is 1.71. The third kappa shape index (κ3) is 15.5. The molecule has 6 unspecified atom stereocenters. The molecule has 3 amide bonds. The van der Waals surface area contributed by atoms with Crippen LogP contribution in [0.2, 0.25) is 0 Å². The maximum atomic E-state index is 13.4. The Bertz CT molecular complexity index is 1550. The molecule has 324 valence electrons. The van der Waals surface area contributed by atoms with Gasteiger partial charge in [-0.1, -0.05) is 68.4 Å². The second-order valence-corrected chi connectivity index (χ2v) is 21.0. The molecule has 0 aromatic rings. The van der Waals surface area contributed by atoms with Gasteiger partial charge in [0, 0.05) is 18.1 Å². The van der Waals surface area contributed by atoms with Crippen molar-refractivity contribution in [3.05, 3.63) is 12.7 Å². The average molecular weight is 813 g/mol.